The highest BCUT2D eigenvalue weighted by Crippen LogP contribution is 2.42. The smallest absolute Gasteiger partial charge is 0.265 e. The van der Waals surface area contributed by atoms with E-state index in [0.717, 1.165) is 68.7 Å². The molecule has 0 aliphatic carbocycles. The topological polar surface area (TPSA) is 113 Å². The van der Waals surface area contributed by atoms with Gasteiger partial charge in [0.1, 0.15) is 0 Å². The number of ether oxygens (including phenoxy) is 2. The summed E-state index contributed by atoms with van der Waals surface area (Å²) in [5, 5.41) is 0. The van der Waals surface area contributed by atoms with Crippen molar-refractivity contribution < 1.29 is 19.1 Å². The van der Waals surface area contributed by atoms with E-state index < -0.39 is 6.29 Å². The summed E-state index contributed by atoms with van der Waals surface area (Å²) in [6, 6.07) is 16.0. The predicted octanol–water partition coefficient (Wildman–Crippen LogP) is 7.67. The van der Waals surface area contributed by atoms with Gasteiger partial charge in [0.25, 0.3) is 11.8 Å². The fourth-order valence-electron chi connectivity index (χ4n) is 7.95. The van der Waals surface area contributed by atoms with Crippen molar-refractivity contribution in [1.82, 2.24) is 24.8 Å². The van der Waals surface area contributed by atoms with E-state index in [4.69, 9.17) is 19.4 Å². The zero-order valence-corrected chi connectivity index (χ0v) is 29.3. The number of amides is 2. The van der Waals surface area contributed by atoms with E-state index in [2.05, 4.69) is 69.7 Å². The van der Waals surface area contributed by atoms with Crippen molar-refractivity contribution in [1.29, 1.82) is 0 Å². The van der Waals surface area contributed by atoms with Crippen LogP contribution in [0, 0.1) is 0 Å². The van der Waals surface area contributed by atoms with Crippen molar-refractivity contribution in [2.24, 2.45) is 0 Å². The van der Waals surface area contributed by atoms with Gasteiger partial charge >= 0.3 is 0 Å². The van der Waals surface area contributed by atoms with Crippen LogP contribution in [0.5, 0.6) is 0 Å². The molecule has 3 aromatic heterocycles. The summed E-state index contributed by atoms with van der Waals surface area (Å²) in [7, 11) is 0. The normalized spacial score (nSPS) is 20.8. The number of benzene rings is 1. The zero-order valence-electron chi connectivity index (χ0n) is 29.3. The lowest BCUT2D eigenvalue weighted by Crippen LogP contribution is -2.40. The average molecular weight is 658 g/mol. The van der Waals surface area contributed by atoms with Gasteiger partial charge in [-0.2, -0.15) is 0 Å². The van der Waals surface area contributed by atoms with Crippen molar-refractivity contribution in [2.75, 3.05) is 0 Å². The van der Waals surface area contributed by atoms with E-state index in [1.807, 2.05) is 37.3 Å². The molecule has 9 heteroatoms. The Morgan fingerprint density at radius 3 is 2.10 bits per heavy atom. The molecule has 1 aromatic carbocycles. The van der Waals surface area contributed by atoms with E-state index in [-0.39, 0.29) is 35.5 Å². The highest BCUT2D eigenvalue weighted by Gasteiger charge is 2.41. The number of nitrogens with zero attached hydrogens (tertiary/aromatic N) is 3. The van der Waals surface area contributed by atoms with Gasteiger partial charge in [-0.05, 0) is 54.7 Å². The summed E-state index contributed by atoms with van der Waals surface area (Å²) in [6.07, 6.45) is 1.92. The molecule has 49 heavy (non-hydrogen) atoms. The number of hydrogen-bond donors (Lipinski definition) is 2. The summed E-state index contributed by atoms with van der Waals surface area (Å²) < 4.78 is 12.1. The van der Waals surface area contributed by atoms with E-state index in [1.165, 1.54) is 4.90 Å². The Morgan fingerprint density at radius 1 is 0.796 bits per heavy atom. The number of carbonyl (C=O) groups excluding carboxylic acids is 2. The quantitative estimate of drug-likeness (QED) is 0.213. The predicted molar refractivity (Wildman–Crippen MR) is 188 cm³/mol. The van der Waals surface area contributed by atoms with Crippen LogP contribution in [0.1, 0.15) is 121 Å². The number of imide groups is 1. The third-order valence-corrected chi connectivity index (χ3v) is 10.6. The van der Waals surface area contributed by atoms with Gasteiger partial charge in [-0.3, -0.25) is 24.5 Å². The Labute approximate surface area is 286 Å². The van der Waals surface area contributed by atoms with Crippen LogP contribution in [-0.4, -0.2) is 42.9 Å². The Balaban J connectivity index is 1.49. The standard InChI is InChI=1S/C40H43N5O4/c1-8-24-26-16-31-40(6,7)19-29(43-31)34-35-33(36(46)45(37(34)47)20-22-13-11-10-12-14-22)25(9-2)27(44-35)17-30-39(4,5)18-23(41-30)15-28(42-26)32(24)38-48-21(3)49-38/h10-17,21,38,42,44H,8-9,18-20H2,1-7H3. The zero-order chi connectivity index (χ0) is 34.4. The van der Waals surface area contributed by atoms with Crippen LogP contribution >= 0.6 is 0 Å². The molecule has 9 nitrogen and oxygen atoms in total. The Hall–Kier alpha value is -4.60. The third-order valence-electron chi connectivity index (χ3n) is 10.6. The first kappa shape index (κ1) is 31.7. The van der Waals surface area contributed by atoms with Gasteiger partial charge in [0.15, 0.2) is 12.6 Å². The number of hydrogen-bond acceptors (Lipinski definition) is 6. The third kappa shape index (κ3) is 5.05. The number of H-pyrrole nitrogens is 2. The average Bonchev–Trinajstić information content (AvgIpc) is 3.74. The number of rotatable bonds is 5. The fourth-order valence-corrected chi connectivity index (χ4v) is 7.95. The van der Waals surface area contributed by atoms with Gasteiger partial charge in [-0.25, -0.2) is 0 Å². The second-order valence-electron chi connectivity index (χ2n) is 15.0. The first-order chi connectivity index (χ1) is 23.4. The molecule has 4 aromatic rings. The molecule has 4 aliphatic heterocycles. The van der Waals surface area contributed by atoms with Crippen LogP contribution in [0.25, 0.3) is 22.1 Å². The minimum Gasteiger partial charge on any atom is -0.355 e. The summed E-state index contributed by atoms with van der Waals surface area (Å²) in [5.41, 5.74) is 10.9. The molecule has 1 saturated heterocycles. The highest BCUT2D eigenvalue weighted by atomic mass is 16.9. The molecule has 7 heterocycles. The van der Waals surface area contributed by atoms with Crippen LogP contribution in [0.2, 0.25) is 0 Å². The molecular weight excluding hydrogens is 614 g/mol. The lowest BCUT2D eigenvalue weighted by molar-refractivity contribution is -0.382. The molecule has 0 saturated carbocycles. The highest BCUT2D eigenvalue weighted by molar-refractivity contribution is 6.23. The Bertz CT molecular complexity index is 2200. The van der Waals surface area contributed by atoms with Gasteiger partial charge in [0.05, 0.1) is 28.9 Å². The van der Waals surface area contributed by atoms with Crippen LogP contribution < -0.4 is 0 Å². The van der Waals surface area contributed by atoms with Crippen LogP contribution in [0.4, 0.5) is 0 Å². The number of carbonyl (C=O) groups is 2. The maximum absolute atomic E-state index is 14.6. The maximum Gasteiger partial charge on any atom is 0.265 e. The molecule has 8 bridgehead atoms. The minimum atomic E-state index is -0.464. The number of aromatic amines is 2. The Kier molecular flexibility index (Phi) is 7.25. The lowest BCUT2D eigenvalue weighted by atomic mass is 9.85. The van der Waals surface area contributed by atoms with Crippen molar-refractivity contribution >= 4 is 33.9 Å². The molecule has 0 unspecified atom stereocenters. The van der Waals surface area contributed by atoms with Gasteiger partial charge in [0, 0.05) is 62.9 Å². The van der Waals surface area contributed by atoms with Gasteiger partial charge in [0.2, 0.25) is 0 Å². The van der Waals surface area contributed by atoms with Crippen molar-refractivity contribution in [3.05, 3.63) is 105 Å². The second kappa shape index (κ2) is 11.2. The van der Waals surface area contributed by atoms with E-state index in [9.17, 15) is 9.59 Å². The van der Waals surface area contributed by atoms with Crippen LogP contribution in [0.3, 0.4) is 0 Å². The molecule has 0 atom stereocenters. The van der Waals surface area contributed by atoms with Crippen molar-refractivity contribution in [3.8, 4) is 0 Å². The van der Waals surface area contributed by atoms with Gasteiger partial charge < -0.3 is 19.4 Å². The molecule has 0 radical (unpaired) electrons. The van der Waals surface area contributed by atoms with E-state index >= 15 is 0 Å². The van der Waals surface area contributed by atoms with Gasteiger partial charge in [-0.1, -0.05) is 71.9 Å². The summed E-state index contributed by atoms with van der Waals surface area (Å²) >= 11 is 0. The monoisotopic (exact) mass is 657 g/mol. The lowest BCUT2D eigenvalue weighted by Gasteiger charge is -2.34. The summed E-state index contributed by atoms with van der Waals surface area (Å²) in [6.45, 7) is 15.0. The first-order valence-electron chi connectivity index (χ1n) is 17.4. The molecule has 252 valence electrons. The molecule has 4 aliphatic rings. The summed E-state index contributed by atoms with van der Waals surface area (Å²) in [5.74, 6) is -0.613. The molecule has 8 rings (SSSR count). The van der Waals surface area contributed by atoms with Crippen LogP contribution in [-0.2, 0) is 52.5 Å². The first-order valence-corrected chi connectivity index (χ1v) is 17.4. The number of aromatic nitrogens is 4. The van der Waals surface area contributed by atoms with Crippen LogP contribution in [0.15, 0.2) is 48.5 Å². The number of nitrogens with one attached hydrogen (secondary N) is 2. The second-order valence-corrected chi connectivity index (χ2v) is 15.0. The van der Waals surface area contributed by atoms with Crippen molar-refractivity contribution in [3.63, 3.8) is 0 Å². The molecule has 2 amide bonds. The number of fused-ring (bicyclic) bond motifs is 8. The van der Waals surface area contributed by atoms with Gasteiger partial charge in [-0.15, -0.1) is 0 Å². The SMILES string of the molecule is CCc1c(C2OC(C)O2)c2cc3nc(cc4[nH]c5c(c6nc(cc1[nH]2)C(C)(C)C6)C(=O)N(Cc1ccccc1)C(=O)c5c4CC)C(C)(C)C3. The van der Waals surface area contributed by atoms with Crippen molar-refractivity contribution in [2.45, 2.75) is 104 Å². The molecular formula is C40H43N5O4. The molecule has 1 fully saturated rings. The molecule has 2 N–H and O–H groups in total. The van der Waals surface area contributed by atoms with E-state index in [0.29, 0.717) is 35.2 Å². The number of aryl methyl sites for hydroxylation is 2. The van der Waals surface area contributed by atoms with E-state index in [1.54, 1.807) is 0 Å². The summed E-state index contributed by atoms with van der Waals surface area (Å²) in [4.78, 5) is 48.0. The largest absolute Gasteiger partial charge is 0.355 e. The minimum absolute atomic E-state index is 0.180. The maximum atomic E-state index is 14.6. The molecule has 0 spiro atoms. The Morgan fingerprint density at radius 2 is 1.43 bits per heavy atom. The fraction of sp³-hybridized carbons (Fsp3) is 0.400.